The van der Waals surface area contributed by atoms with Gasteiger partial charge in [-0.3, -0.25) is 9.69 Å². The second-order valence-electron chi connectivity index (χ2n) is 6.03. The van der Waals surface area contributed by atoms with Crippen LogP contribution in [0.25, 0.3) is 6.08 Å². The molecule has 3 amide bonds. The first-order valence-electron chi connectivity index (χ1n) is 8.53. The largest absolute Gasteiger partial charge is 0.490 e. The average Bonchev–Trinajstić information content (AvgIpc) is 2.89. The maximum atomic E-state index is 12.1. The number of halogens is 2. The van der Waals surface area contributed by atoms with Crippen molar-refractivity contribution in [3.8, 4) is 11.5 Å². The van der Waals surface area contributed by atoms with Crippen LogP contribution in [0.3, 0.4) is 0 Å². The maximum Gasteiger partial charge on any atom is 0.328 e. The number of carbonyl (C=O) groups is 2. The Kier molecular flexibility index (Phi) is 6.61. The van der Waals surface area contributed by atoms with Crippen LogP contribution in [0.15, 0.2) is 46.6 Å². The third kappa shape index (κ3) is 4.67. The summed E-state index contributed by atoms with van der Waals surface area (Å²) in [7, 11) is 1.43. The van der Waals surface area contributed by atoms with Gasteiger partial charge >= 0.3 is 6.03 Å². The monoisotopic (exact) mass is 556 g/mol. The van der Waals surface area contributed by atoms with Crippen molar-refractivity contribution in [2.75, 3.05) is 13.7 Å². The zero-order chi connectivity index (χ0) is 20.3. The standard InChI is InChI=1S/C20H18BrIN2O4/c1-3-27-17-10-13(9-16-19(25)24(2)20(26)23-16)8-15(21)18(17)28-11-12-4-6-14(22)7-5-12/h4-10H,3,11H2,1-2H3,(H,23,26)/b16-9+. The molecule has 1 saturated heterocycles. The molecular formula is C20H18BrIN2O4. The Balaban J connectivity index is 1.86. The van der Waals surface area contributed by atoms with Gasteiger partial charge in [-0.1, -0.05) is 12.1 Å². The van der Waals surface area contributed by atoms with E-state index in [0.29, 0.717) is 34.7 Å². The number of hydrogen-bond acceptors (Lipinski definition) is 4. The number of benzene rings is 2. The highest BCUT2D eigenvalue weighted by molar-refractivity contribution is 14.1. The molecule has 1 aliphatic heterocycles. The molecule has 8 heteroatoms. The number of amides is 3. The fourth-order valence-corrected chi connectivity index (χ4v) is 3.53. The molecule has 0 spiro atoms. The van der Waals surface area contributed by atoms with Crippen molar-refractivity contribution >= 4 is 56.5 Å². The van der Waals surface area contributed by atoms with Crippen LogP contribution >= 0.6 is 38.5 Å². The van der Waals surface area contributed by atoms with Crippen LogP contribution in [0.2, 0.25) is 0 Å². The maximum absolute atomic E-state index is 12.1. The van der Waals surface area contributed by atoms with Gasteiger partial charge in [-0.25, -0.2) is 4.79 Å². The first kappa shape index (κ1) is 20.7. The molecule has 0 bridgehead atoms. The molecule has 0 atom stereocenters. The highest BCUT2D eigenvalue weighted by Crippen LogP contribution is 2.38. The van der Waals surface area contributed by atoms with Gasteiger partial charge in [0, 0.05) is 10.6 Å². The topological polar surface area (TPSA) is 67.9 Å². The summed E-state index contributed by atoms with van der Waals surface area (Å²) in [6.45, 7) is 2.75. The number of likely N-dealkylation sites (N-methyl/N-ethyl adjacent to an activating group) is 1. The summed E-state index contributed by atoms with van der Waals surface area (Å²) >= 11 is 5.78. The number of imide groups is 1. The van der Waals surface area contributed by atoms with E-state index in [1.165, 1.54) is 7.05 Å². The van der Waals surface area contributed by atoms with Crippen LogP contribution in [-0.2, 0) is 11.4 Å². The van der Waals surface area contributed by atoms with Crippen LogP contribution in [0.1, 0.15) is 18.1 Å². The van der Waals surface area contributed by atoms with E-state index in [-0.39, 0.29) is 11.6 Å². The summed E-state index contributed by atoms with van der Waals surface area (Å²) in [4.78, 5) is 24.7. The summed E-state index contributed by atoms with van der Waals surface area (Å²) in [6, 6.07) is 11.2. The van der Waals surface area contributed by atoms with Gasteiger partial charge in [0.15, 0.2) is 11.5 Å². The third-order valence-corrected chi connectivity index (χ3v) is 5.33. The molecule has 1 heterocycles. The lowest BCUT2D eigenvalue weighted by Crippen LogP contribution is -2.25. The zero-order valence-corrected chi connectivity index (χ0v) is 19.0. The van der Waals surface area contributed by atoms with Gasteiger partial charge in [-0.15, -0.1) is 0 Å². The van der Waals surface area contributed by atoms with E-state index in [1.54, 1.807) is 12.1 Å². The SMILES string of the molecule is CCOc1cc(/C=C2/NC(=O)N(C)C2=O)cc(Br)c1OCc1ccc(I)cc1. The lowest BCUT2D eigenvalue weighted by molar-refractivity contribution is -0.121. The van der Waals surface area contributed by atoms with Crippen LogP contribution in [0, 0.1) is 3.57 Å². The molecule has 2 aromatic rings. The molecule has 146 valence electrons. The number of nitrogens with one attached hydrogen (secondary N) is 1. The Morgan fingerprint density at radius 3 is 2.50 bits per heavy atom. The van der Waals surface area contributed by atoms with Crippen molar-refractivity contribution in [3.63, 3.8) is 0 Å². The molecule has 1 aliphatic rings. The second kappa shape index (κ2) is 8.95. The van der Waals surface area contributed by atoms with E-state index in [2.05, 4.69) is 43.8 Å². The van der Waals surface area contributed by atoms with E-state index in [9.17, 15) is 9.59 Å². The smallest absolute Gasteiger partial charge is 0.328 e. The normalized spacial score (nSPS) is 15.1. The minimum atomic E-state index is -0.446. The first-order valence-corrected chi connectivity index (χ1v) is 10.4. The minimum Gasteiger partial charge on any atom is -0.490 e. The summed E-state index contributed by atoms with van der Waals surface area (Å²) in [5, 5.41) is 2.55. The molecular weight excluding hydrogens is 539 g/mol. The highest BCUT2D eigenvalue weighted by Gasteiger charge is 2.30. The third-order valence-electron chi connectivity index (χ3n) is 4.02. The summed E-state index contributed by atoms with van der Waals surface area (Å²) in [5.74, 6) is 0.763. The fraction of sp³-hybridized carbons (Fsp3) is 0.200. The quantitative estimate of drug-likeness (QED) is 0.322. The molecule has 28 heavy (non-hydrogen) atoms. The number of urea groups is 1. The van der Waals surface area contributed by atoms with Crippen LogP contribution in [-0.4, -0.2) is 30.5 Å². The van der Waals surface area contributed by atoms with Crippen molar-refractivity contribution in [2.24, 2.45) is 0 Å². The highest BCUT2D eigenvalue weighted by atomic mass is 127. The molecule has 3 rings (SSSR count). The predicted molar refractivity (Wildman–Crippen MR) is 118 cm³/mol. The van der Waals surface area contributed by atoms with Crippen molar-refractivity contribution < 1.29 is 19.1 Å². The number of rotatable bonds is 6. The van der Waals surface area contributed by atoms with Crippen LogP contribution in [0.5, 0.6) is 11.5 Å². The molecule has 1 fully saturated rings. The molecule has 6 nitrogen and oxygen atoms in total. The summed E-state index contributed by atoms with van der Waals surface area (Å²) in [6.07, 6.45) is 1.61. The van der Waals surface area contributed by atoms with Crippen LogP contribution < -0.4 is 14.8 Å². The molecule has 0 saturated carbocycles. The summed E-state index contributed by atoms with van der Waals surface area (Å²) < 4.78 is 13.6. The zero-order valence-electron chi connectivity index (χ0n) is 15.3. The molecule has 0 unspecified atom stereocenters. The van der Waals surface area contributed by atoms with E-state index >= 15 is 0 Å². The van der Waals surface area contributed by atoms with Gasteiger partial charge in [-0.2, -0.15) is 0 Å². The Bertz CT molecular complexity index is 944. The van der Waals surface area contributed by atoms with Crippen LogP contribution in [0.4, 0.5) is 4.79 Å². The van der Waals surface area contributed by atoms with Gasteiger partial charge in [0.1, 0.15) is 12.3 Å². The predicted octanol–water partition coefficient (Wildman–Crippen LogP) is 4.55. The van der Waals surface area contributed by atoms with E-state index in [0.717, 1.165) is 14.0 Å². The van der Waals surface area contributed by atoms with E-state index < -0.39 is 6.03 Å². The number of nitrogens with zero attached hydrogens (tertiary/aromatic N) is 1. The molecule has 0 aliphatic carbocycles. The van der Waals surface area contributed by atoms with E-state index in [4.69, 9.17) is 9.47 Å². The van der Waals surface area contributed by atoms with Crippen molar-refractivity contribution in [1.82, 2.24) is 10.2 Å². The minimum absolute atomic E-state index is 0.217. The second-order valence-corrected chi connectivity index (χ2v) is 8.13. The number of carbonyl (C=O) groups excluding carboxylic acids is 2. The van der Waals surface area contributed by atoms with Crippen molar-refractivity contribution in [2.45, 2.75) is 13.5 Å². The number of hydrogen-bond donors (Lipinski definition) is 1. The first-order chi connectivity index (χ1) is 13.4. The lowest BCUT2D eigenvalue weighted by Gasteiger charge is -2.15. The molecule has 2 aromatic carbocycles. The molecule has 0 aromatic heterocycles. The average molecular weight is 557 g/mol. The Morgan fingerprint density at radius 2 is 1.89 bits per heavy atom. The Hall–Kier alpha value is -2.07. The van der Waals surface area contributed by atoms with Gasteiger partial charge in [0.2, 0.25) is 0 Å². The molecule has 1 N–H and O–H groups in total. The number of ether oxygens (including phenoxy) is 2. The van der Waals surface area contributed by atoms with Crippen molar-refractivity contribution in [1.29, 1.82) is 0 Å². The fourth-order valence-electron chi connectivity index (χ4n) is 2.60. The molecule has 0 radical (unpaired) electrons. The van der Waals surface area contributed by atoms with Crippen molar-refractivity contribution in [3.05, 3.63) is 61.3 Å². The Morgan fingerprint density at radius 1 is 1.18 bits per heavy atom. The van der Waals surface area contributed by atoms with Gasteiger partial charge in [0.05, 0.1) is 11.1 Å². The van der Waals surface area contributed by atoms with Gasteiger partial charge in [0.25, 0.3) is 5.91 Å². The Labute approximate surface area is 185 Å². The van der Waals surface area contributed by atoms with E-state index in [1.807, 2.05) is 37.3 Å². The lowest BCUT2D eigenvalue weighted by atomic mass is 10.1. The van der Waals surface area contributed by atoms with Gasteiger partial charge in [-0.05, 0) is 86.9 Å². The van der Waals surface area contributed by atoms with Gasteiger partial charge < -0.3 is 14.8 Å². The summed E-state index contributed by atoms with van der Waals surface area (Å²) in [5.41, 5.74) is 1.97.